The van der Waals surface area contributed by atoms with Crippen molar-refractivity contribution in [1.82, 2.24) is 15.0 Å². The zero-order valence-electron chi connectivity index (χ0n) is 11.4. The van der Waals surface area contributed by atoms with Crippen LogP contribution in [0.4, 0.5) is 0 Å². The Kier molecular flexibility index (Phi) is 3.94. The molecule has 0 unspecified atom stereocenters. The number of carbonyl (C=O) groups excluding carboxylic acids is 1. The van der Waals surface area contributed by atoms with Crippen LogP contribution in [-0.2, 0) is 6.54 Å². The van der Waals surface area contributed by atoms with E-state index in [2.05, 4.69) is 10.3 Å². The third-order valence-corrected chi connectivity index (χ3v) is 2.89. The lowest BCUT2D eigenvalue weighted by Crippen LogP contribution is -2.12. The number of methoxy groups -OCH3 is 1. The quantitative estimate of drug-likeness (QED) is 0.773. The number of ether oxygens (including phenoxy) is 1. The summed E-state index contributed by atoms with van der Waals surface area (Å²) in [6.45, 7) is 4.65. The van der Waals surface area contributed by atoms with Crippen LogP contribution in [0.25, 0.3) is 0 Å². The normalized spacial score (nSPS) is 10.5. The van der Waals surface area contributed by atoms with E-state index in [1.54, 1.807) is 17.9 Å². The smallest absolute Gasteiger partial charge is 0.216 e. The van der Waals surface area contributed by atoms with Gasteiger partial charge in [-0.25, -0.2) is 4.68 Å². The number of benzene rings is 1. The molecule has 0 saturated carbocycles. The van der Waals surface area contributed by atoms with Crippen LogP contribution >= 0.6 is 0 Å². The van der Waals surface area contributed by atoms with Gasteiger partial charge in [0.1, 0.15) is 11.4 Å². The highest BCUT2D eigenvalue weighted by Gasteiger charge is 2.19. The lowest BCUT2D eigenvalue weighted by atomic mass is 10.0. The summed E-state index contributed by atoms with van der Waals surface area (Å²) in [5, 5.41) is 7.75. The van der Waals surface area contributed by atoms with Crippen molar-refractivity contribution in [3.63, 3.8) is 0 Å². The molecule has 0 amide bonds. The maximum absolute atomic E-state index is 12.6. The van der Waals surface area contributed by atoms with E-state index in [0.29, 0.717) is 23.6 Å². The van der Waals surface area contributed by atoms with Crippen molar-refractivity contribution in [1.29, 1.82) is 0 Å². The van der Waals surface area contributed by atoms with Crippen molar-refractivity contribution < 1.29 is 9.53 Å². The number of carbonyl (C=O) groups is 1. The van der Waals surface area contributed by atoms with E-state index in [9.17, 15) is 4.79 Å². The minimum absolute atomic E-state index is 0.112. The van der Waals surface area contributed by atoms with Gasteiger partial charge in [-0.1, -0.05) is 23.8 Å². The van der Waals surface area contributed by atoms with Crippen molar-refractivity contribution in [2.75, 3.05) is 7.11 Å². The van der Waals surface area contributed by atoms with Crippen LogP contribution in [0.1, 0.15) is 35.0 Å². The zero-order chi connectivity index (χ0) is 13.8. The fraction of sp³-hybridized carbons (Fsp3) is 0.357. The highest BCUT2D eigenvalue weighted by Crippen LogP contribution is 2.22. The summed E-state index contributed by atoms with van der Waals surface area (Å²) in [4.78, 5) is 12.6. The van der Waals surface area contributed by atoms with Gasteiger partial charge in [0.05, 0.1) is 18.9 Å². The highest BCUT2D eigenvalue weighted by atomic mass is 16.5. The molecule has 5 heteroatoms. The van der Waals surface area contributed by atoms with Crippen LogP contribution in [0.3, 0.4) is 0 Å². The molecule has 2 rings (SSSR count). The van der Waals surface area contributed by atoms with Gasteiger partial charge in [0, 0.05) is 6.54 Å². The van der Waals surface area contributed by atoms with E-state index in [0.717, 1.165) is 12.0 Å². The molecule has 1 aromatic heterocycles. The summed E-state index contributed by atoms with van der Waals surface area (Å²) in [6, 6.07) is 5.54. The van der Waals surface area contributed by atoms with Crippen LogP contribution in [0.5, 0.6) is 5.75 Å². The molecule has 0 fully saturated rings. The molecule has 100 valence electrons. The van der Waals surface area contributed by atoms with Crippen molar-refractivity contribution in [3.05, 3.63) is 41.2 Å². The van der Waals surface area contributed by atoms with Gasteiger partial charge in [-0.15, -0.1) is 5.10 Å². The van der Waals surface area contributed by atoms with E-state index in [4.69, 9.17) is 4.74 Å². The van der Waals surface area contributed by atoms with Gasteiger partial charge in [0.15, 0.2) is 0 Å². The van der Waals surface area contributed by atoms with E-state index in [1.807, 2.05) is 26.0 Å². The summed E-state index contributed by atoms with van der Waals surface area (Å²) < 4.78 is 6.88. The van der Waals surface area contributed by atoms with Crippen molar-refractivity contribution in [2.24, 2.45) is 0 Å². The number of rotatable bonds is 5. The molecule has 0 radical (unpaired) electrons. The minimum Gasteiger partial charge on any atom is -0.496 e. The summed E-state index contributed by atoms with van der Waals surface area (Å²) >= 11 is 0. The van der Waals surface area contributed by atoms with Gasteiger partial charge in [-0.2, -0.15) is 0 Å². The Morgan fingerprint density at radius 2 is 2.21 bits per heavy atom. The Balaban J connectivity index is 2.43. The molecular formula is C14H17N3O2. The Hall–Kier alpha value is -2.17. The zero-order valence-corrected chi connectivity index (χ0v) is 11.4. The number of hydrogen-bond acceptors (Lipinski definition) is 4. The molecule has 0 spiro atoms. The SMILES string of the molecule is CCCn1nncc1C(=O)c1cc(C)ccc1OC. The first-order valence-corrected chi connectivity index (χ1v) is 6.25. The summed E-state index contributed by atoms with van der Waals surface area (Å²) in [5.74, 6) is 0.457. The lowest BCUT2D eigenvalue weighted by molar-refractivity contribution is 0.102. The Bertz CT molecular complexity index is 590. The second kappa shape index (κ2) is 5.65. The van der Waals surface area contributed by atoms with Gasteiger partial charge in [-0.05, 0) is 25.5 Å². The van der Waals surface area contributed by atoms with Crippen molar-refractivity contribution in [3.8, 4) is 5.75 Å². The first kappa shape index (κ1) is 13.3. The lowest BCUT2D eigenvalue weighted by Gasteiger charge is -2.09. The molecule has 0 N–H and O–H groups in total. The third kappa shape index (κ3) is 2.65. The van der Waals surface area contributed by atoms with Crippen LogP contribution in [0, 0.1) is 6.92 Å². The Labute approximate surface area is 112 Å². The average Bonchev–Trinajstić information content (AvgIpc) is 2.86. The van der Waals surface area contributed by atoms with Gasteiger partial charge in [0.2, 0.25) is 5.78 Å². The topological polar surface area (TPSA) is 57.0 Å². The first-order chi connectivity index (χ1) is 9.17. The number of aryl methyl sites for hydroxylation is 2. The van der Waals surface area contributed by atoms with Crippen molar-refractivity contribution >= 4 is 5.78 Å². The molecule has 0 aliphatic carbocycles. The average molecular weight is 259 g/mol. The van der Waals surface area contributed by atoms with Gasteiger partial charge in [0.25, 0.3) is 0 Å². The standard InChI is InChI=1S/C14H17N3O2/c1-4-7-17-12(9-15-16-17)14(18)11-8-10(2)5-6-13(11)19-3/h5-6,8-9H,4,7H2,1-3H3. The first-order valence-electron chi connectivity index (χ1n) is 6.25. The number of nitrogens with zero attached hydrogens (tertiary/aromatic N) is 3. The van der Waals surface area contributed by atoms with Crippen LogP contribution < -0.4 is 4.74 Å². The molecule has 0 saturated heterocycles. The molecule has 0 atom stereocenters. The Morgan fingerprint density at radius 1 is 1.42 bits per heavy atom. The molecule has 1 aromatic carbocycles. The van der Waals surface area contributed by atoms with Crippen LogP contribution in [0.2, 0.25) is 0 Å². The van der Waals surface area contributed by atoms with Gasteiger partial charge < -0.3 is 4.74 Å². The van der Waals surface area contributed by atoms with Crippen molar-refractivity contribution in [2.45, 2.75) is 26.8 Å². The number of aromatic nitrogens is 3. The molecule has 0 aliphatic heterocycles. The van der Waals surface area contributed by atoms with Crippen LogP contribution in [-0.4, -0.2) is 27.9 Å². The maximum atomic E-state index is 12.6. The molecule has 1 heterocycles. The monoisotopic (exact) mass is 259 g/mol. The van der Waals surface area contributed by atoms with E-state index < -0.39 is 0 Å². The third-order valence-electron chi connectivity index (χ3n) is 2.89. The number of hydrogen-bond donors (Lipinski definition) is 0. The molecule has 0 aliphatic rings. The molecule has 5 nitrogen and oxygen atoms in total. The molecule has 19 heavy (non-hydrogen) atoms. The van der Waals surface area contributed by atoms with E-state index in [-0.39, 0.29) is 5.78 Å². The fourth-order valence-electron chi connectivity index (χ4n) is 1.95. The Morgan fingerprint density at radius 3 is 2.89 bits per heavy atom. The minimum atomic E-state index is -0.112. The predicted octanol–water partition coefficient (Wildman–Crippen LogP) is 2.24. The van der Waals surface area contributed by atoms with E-state index in [1.165, 1.54) is 6.20 Å². The number of ketones is 1. The molecule has 0 bridgehead atoms. The van der Waals surface area contributed by atoms with E-state index >= 15 is 0 Å². The second-order valence-electron chi connectivity index (χ2n) is 4.38. The highest BCUT2D eigenvalue weighted by molar-refractivity contribution is 6.09. The molecule has 2 aromatic rings. The molecular weight excluding hydrogens is 242 g/mol. The fourth-order valence-corrected chi connectivity index (χ4v) is 1.95. The summed E-state index contributed by atoms with van der Waals surface area (Å²) in [7, 11) is 1.56. The predicted molar refractivity (Wildman–Crippen MR) is 71.5 cm³/mol. The van der Waals surface area contributed by atoms with Crippen LogP contribution in [0.15, 0.2) is 24.4 Å². The van der Waals surface area contributed by atoms with Gasteiger partial charge in [-0.3, -0.25) is 4.79 Å². The summed E-state index contributed by atoms with van der Waals surface area (Å²) in [5.41, 5.74) is 2.05. The second-order valence-corrected chi connectivity index (χ2v) is 4.38. The summed E-state index contributed by atoms with van der Waals surface area (Å²) in [6.07, 6.45) is 2.40. The maximum Gasteiger partial charge on any atom is 0.216 e. The largest absolute Gasteiger partial charge is 0.496 e. The van der Waals surface area contributed by atoms with Gasteiger partial charge >= 0.3 is 0 Å².